The molecule has 0 spiro atoms. The van der Waals surface area contributed by atoms with Crippen LogP contribution in [0.1, 0.15) is 22.5 Å². The highest BCUT2D eigenvalue weighted by Gasteiger charge is 2.15. The molecular formula is C38H29N5O3S. The van der Waals surface area contributed by atoms with Crippen molar-refractivity contribution in [2.75, 3.05) is 6.61 Å². The zero-order valence-electron chi connectivity index (χ0n) is 25.3. The standard InChI is InChI=1S/C38H29N5O3S/c1-2-22-45-32-19-16-27(17-20-32)18-21-35-39-38-43(40-35)37(44)34(47-38)24-30-25-42(31-13-7-4-8-14-31)41-36(30)29-12-9-15-33(23-29)46-26-28-10-5-3-6-11-28/h2-21,23-25H,1,22,26H2/b21-18+,34-24-. The van der Waals surface area contributed by atoms with Crippen molar-refractivity contribution in [1.29, 1.82) is 0 Å². The van der Waals surface area contributed by atoms with Crippen LogP contribution in [0.2, 0.25) is 0 Å². The maximum absolute atomic E-state index is 13.5. The van der Waals surface area contributed by atoms with Gasteiger partial charge in [0.05, 0.1) is 10.2 Å². The summed E-state index contributed by atoms with van der Waals surface area (Å²) in [6, 6.07) is 35.4. The predicted octanol–water partition coefficient (Wildman–Crippen LogP) is 6.87. The Bertz CT molecular complexity index is 2290. The van der Waals surface area contributed by atoms with Crippen molar-refractivity contribution in [3.05, 3.63) is 165 Å². The molecule has 0 amide bonds. The van der Waals surface area contributed by atoms with Crippen molar-refractivity contribution >= 4 is 34.5 Å². The molecule has 230 valence electrons. The first-order valence-electron chi connectivity index (χ1n) is 15.0. The Morgan fingerprint density at radius 2 is 1.60 bits per heavy atom. The summed E-state index contributed by atoms with van der Waals surface area (Å²) in [5, 5.41) is 9.40. The third-order valence-electron chi connectivity index (χ3n) is 7.28. The first kappa shape index (κ1) is 29.6. The third-order valence-corrected chi connectivity index (χ3v) is 8.24. The van der Waals surface area contributed by atoms with Gasteiger partial charge in [0.25, 0.3) is 5.56 Å². The fraction of sp³-hybridized carbons (Fsp3) is 0.0526. The number of hydrogen-bond acceptors (Lipinski definition) is 7. The van der Waals surface area contributed by atoms with E-state index in [-0.39, 0.29) is 5.56 Å². The predicted molar refractivity (Wildman–Crippen MR) is 187 cm³/mol. The molecule has 7 rings (SSSR count). The number of hydrogen-bond donors (Lipinski definition) is 0. The Labute approximate surface area is 274 Å². The minimum atomic E-state index is -0.237. The van der Waals surface area contributed by atoms with Gasteiger partial charge in [0.1, 0.15) is 30.4 Å². The Balaban J connectivity index is 1.19. The molecule has 0 N–H and O–H groups in total. The summed E-state index contributed by atoms with van der Waals surface area (Å²) in [4.78, 5) is 18.6. The molecule has 4 aromatic carbocycles. The van der Waals surface area contributed by atoms with Crippen molar-refractivity contribution in [3.8, 4) is 28.4 Å². The number of benzene rings is 4. The van der Waals surface area contributed by atoms with E-state index in [9.17, 15) is 4.79 Å². The smallest absolute Gasteiger partial charge is 0.291 e. The molecule has 0 aliphatic carbocycles. The van der Waals surface area contributed by atoms with E-state index in [1.807, 2.05) is 132 Å². The van der Waals surface area contributed by atoms with Gasteiger partial charge in [0.15, 0.2) is 5.82 Å². The molecule has 0 saturated carbocycles. The van der Waals surface area contributed by atoms with Crippen molar-refractivity contribution in [2.24, 2.45) is 0 Å². The van der Waals surface area contributed by atoms with Crippen molar-refractivity contribution < 1.29 is 9.47 Å². The molecule has 47 heavy (non-hydrogen) atoms. The van der Waals surface area contributed by atoms with Crippen LogP contribution in [-0.4, -0.2) is 31.0 Å². The van der Waals surface area contributed by atoms with E-state index in [4.69, 9.17) is 14.6 Å². The summed E-state index contributed by atoms with van der Waals surface area (Å²) in [6.45, 7) is 4.57. The van der Waals surface area contributed by atoms with Crippen LogP contribution in [0.5, 0.6) is 11.5 Å². The van der Waals surface area contributed by atoms with E-state index in [1.165, 1.54) is 15.9 Å². The molecule has 0 fully saturated rings. The van der Waals surface area contributed by atoms with Gasteiger partial charge in [-0.3, -0.25) is 4.79 Å². The van der Waals surface area contributed by atoms with Crippen molar-refractivity contribution in [3.63, 3.8) is 0 Å². The van der Waals surface area contributed by atoms with Gasteiger partial charge < -0.3 is 9.47 Å². The number of aromatic nitrogens is 5. The minimum absolute atomic E-state index is 0.237. The lowest BCUT2D eigenvalue weighted by Crippen LogP contribution is -2.23. The maximum atomic E-state index is 13.5. The van der Waals surface area contributed by atoms with E-state index in [2.05, 4.69) is 16.7 Å². The van der Waals surface area contributed by atoms with E-state index >= 15 is 0 Å². The Hall–Kier alpha value is -6.06. The lowest BCUT2D eigenvalue weighted by molar-refractivity contribution is 0.306. The van der Waals surface area contributed by atoms with E-state index < -0.39 is 0 Å². The monoisotopic (exact) mass is 635 g/mol. The summed E-state index contributed by atoms with van der Waals surface area (Å²) in [6.07, 6.45) is 9.18. The summed E-state index contributed by atoms with van der Waals surface area (Å²) in [5.41, 5.74) is 5.10. The van der Waals surface area contributed by atoms with Gasteiger partial charge in [-0.2, -0.15) is 14.6 Å². The molecule has 0 aliphatic heterocycles. The van der Waals surface area contributed by atoms with Crippen LogP contribution in [0.4, 0.5) is 0 Å². The molecular weight excluding hydrogens is 607 g/mol. The molecule has 0 unspecified atom stereocenters. The van der Waals surface area contributed by atoms with E-state index in [0.717, 1.165) is 45.1 Å². The number of nitrogens with zero attached hydrogens (tertiary/aromatic N) is 5. The van der Waals surface area contributed by atoms with Gasteiger partial charge in [-0.15, -0.1) is 5.10 Å². The van der Waals surface area contributed by atoms with E-state index in [1.54, 1.807) is 12.2 Å². The molecule has 0 saturated heterocycles. The van der Waals surface area contributed by atoms with Crippen LogP contribution < -0.4 is 19.6 Å². The average molecular weight is 636 g/mol. The zero-order valence-corrected chi connectivity index (χ0v) is 26.1. The van der Waals surface area contributed by atoms with Gasteiger partial charge in [-0.05, 0) is 59.7 Å². The van der Waals surface area contributed by atoms with Gasteiger partial charge in [0, 0.05) is 17.3 Å². The maximum Gasteiger partial charge on any atom is 0.291 e. The first-order chi connectivity index (χ1) is 23.1. The molecule has 0 aliphatic rings. The van der Waals surface area contributed by atoms with Crippen molar-refractivity contribution in [1.82, 2.24) is 24.4 Å². The summed E-state index contributed by atoms with van der Waals surface area (Å²) >= 11 is 1.29. The van der Waals surface area contributed by atoms with Gasteiger partial charge in [-0.1, -0.05) is 103 Å². The topological polar surface area (TPSA) is 83.5 Å². The lowest BCUT2D eigenvalue weighted by atomic mass is 10.1. The lowest BCUT2D eigenvalue weighted by Gasteiger charge is -2.08. The average Bonchev–Trinajstić information content (AvgIpc) is 3.81. The molecule has 0 radical (unpaired) electrons. The quantitative estimate of drug-likeness (QED) is 0.144. The summed E-state index contributed by atoms with van der Waals surface area (Å²) in [5.74, 6) is 1.95. The molecule has 8 nitrogen and oxygen atoms in total. The molecule has 0 bridgehead atoms. The molecule has 3 heterocycles. The number of ether oxygens (including phenoxy) is 2. The Morgan fingerprint density at radius 3 is 2.36 bits per heavy atom. The number of thiazole rings is 1. The fourth-order valence-corrected chi connectivity index (χ4v) is 5.87. The Morgan fingerprint density at radius 1 is 0.809 bits per heavy atom. The molecule has 9 heteroatoms. The molecule has 3 aromatic heterocycles. The molecule has 7 aromatic rings. The van der Waals surface area contributed by atoms with Gasteiger partial charge >= 0.3 is 0 Å². The largest absolute Gasteiger partial charge is 0.490 e. The first-order valence-corrected chi connectivity index (χ1v) is 15.8. The second-order valence-corrected chi connectivity index (χ2v) is 11.6. The third kappa shape index (κ3) is 6.80. The SMILES string of the molecule is C=CCOc1ccc(/C=C/c2nc3s/c(=C\c4cn(-c5ccccc5)nc4-c4cccc(OCc5ccccc5)c4)c(=O)n3n2)cc1. The van der Waals surface area contributed by atoms with Crippen LogP contribution in [0.3, 0.4) is 0 Å². The fourth-order valence-electron chi connectivity index (χ4n) is 4.97. The highest BCUT2D eigenvalue weighted by atomic mass is 32.1. The second-order valence-electron chi connectivity index (χ2n) is 10.6. The summed E-state index contributed by atoms with van der Waals surface area (Å²) < 4.78 is 15.3. The number of para-hydroxylation sites is 1. The normalized spacial score (nSPS) is 11.8. The number of fused-ring (bicyclic) bond motifs is 1. The Kier molecular flexibility index (Phi) is 8.52. The van der Waals surface area contributed by atoms with Crippen LogP contribution in [0.15, 0.2) is 133 Å². The van der Waals surface area contributed by atoms with Crippen LogP contribution in [0.25, 0.3) is 40.1 Å². The second kappa shape index (κ2) is 13.5. The minimum Gasteiger partial charge on any atom is -0.490 e. The van der Waals surface area contributed by atoms with Crippen LogP contribution >= 0.6 is 11.3 Å². The highest BCUT2D eigenvalue weighted by molar-refractivity contribution is 7.15. The van der Waals surface area contributed by atoms with Crippen LogP contribution in [0, 0.1) is 0 Å². The highest BCUT2D eigenvalue weighted by Crippen LogP contribution is 2.28. The molecule has 0 atom stereocenters. The van der Waals surface area contributed by atoms with Crippen molar-refractivity contribution in [2.45, 2.75) is 6.61 Å². The zero-order chi connectivity index (χ0) is 32.0. The van der Waals surface area contributed by atoms with Gasteiger partial charge in [-0.25, -0.2) is 4.68 Å². The van der Waals surface area contributed by atoms with Crippen LogP contribution in [-0.2, 0) is 6.61 Å². The number of rotatable bonds is 11. The van der Waals surface area contributed by atoms with Gasteiger partial charge in [0.2, 0.25) is 4.96 Å². The van der Waals surface area contributed by atoms with E-state index in [0.29, 0.717) is 28.5 Å². The summed E-state index contributed by atoms with van der Waals surface area (Å²) in [7, 11) is 0.